The van der Waals surface area contributed by atoms with E-state index in [1.165, 1.54) is 0 Å². The van der Waals surface area contributed by atoms with Gasteiger partial charge in [0.25, 0.3) is 0 Å². The van der Waals surface area contributed by atoms with Crippen molar-refractivity contribution >= 4 is 40.5 Å². The van der Waals surface area contributed by atoms with Gasteiger partial charge < -0.3 is 0 Å². The van der Waals surface area contributed by atoms with E-state index in [9.17, 15) is 0 Å². The highest BCUT2D eigenvalue weighted by Gasteiger charge is 2.12. The molecular formula is C21H26Cl3N5. The third kappa shape index (κ3) is 9.24. The first kappa shape index (κ1) is 23.8. The Hall–Kier alpha value is -1.50. The van der Waals surface area contributed by atoms with E-state index in [1.54, 1.807) is 31.6 Å². The second-order valence-corrected chi connectivity index (χ2v) is 8.29. The molecule has 156 valence electrons. The average molecular weight is 455 g/mol. The van der Waals surface area contributed by atoms with Gasteiger partial charge in [0, 0.05) is 73.0 Å². The van der Waals surface area contributed by atoms with E-state index in [2.05, 4.69) is 31.8 Å². The van der Waals surface area contributed by atoms with Gasteiger partial charge in [0.15, 0.2) is 0 Å². The lowest BCUT2D eigenvalue weighted by Crippen LogP contribution is -2.36. The summed E-state index contributed by atoms with van der Waals surface area (Å²) in [5.74, 6) is 0. The smallest absolute Gasteiger partial charge is 0.0558 e. The van der Waals surface area contributed by atoms with Crippen LogP contribution in [0.15, 0.2) is 52.8 Å². The van der Waals surface area contributed by atoms with Crippen LogP contribution in [0.1, 0.15) is 18.3 Å². The normalized spacial score (nSPS) is 12.8. The summed E-state index contributed by atoms with van der Waals surface area (Å²) in [6, 6.07) is 7.34. The van der Waals surface area contributed by atoms with Gasteiger partial charge in [-0.15, -0.1) is 0 Å². The van der Waals surface area contributed by atoms with Gasteiger partial charge in [0.05, 0.1) is 11.4 Å². The lowest BCUT2D eigenvalue weighted by molar-refractivity contribution is 0.232. The third-order valence-corrected chi connectivity index (χ3v) is 4.79. The number of nitrogens with zero attached hydrogens (tertiary/aromatic N) is 5. The molecule has 0 aliphatic heterocycles. The van der Waals surface area contributed by atoms with E-state index in [1.807, 2.05) is 25.1 Å². The van der Waals surface area contributed by atoms with Crippen LogP contribution in [0.3, 0.4) is 0 Å². The van der Waals surface area contributed by atoms with Crippen LogP contribution >= 0.6 is 34.8 Å². The molecule has 0 aromatic carbocycles. The lowest BCUT2D eigenvalue weighted by Gasteiger charge is -2.25. The summed E-state index contributed by atoms with van der Waals surface area (Å²) in [5.41, 5.74) is 2.77. The topological polar surface area (TPSA) is 44.6 Å². The molecule has 0 radical (unpaired) electrons. The number of likely N-dealkylation sites (N-methyl/N-ethyl adjacent to an activating group) is 1. The molecule has 2 rings (SSSR count). The van der Waals surface area contributed by atoms with E-state index in [0.717, 1.165) is 36.7 Å². The largest absolute Gasteiger partial charge is 0.299 e. The summed E-state index contributed by atoms with van der Waals surface area (Å²) in [6.45, 7) is 5.56. The maximum absolute atomic E-state index is 6.13. The van der Waals surface area contributed by atoms with Gasteiger partial charge in [0.1, 0.15) is 0 Å². The fraction of sp³-hybridized carbons (Fsp3) is 0.381. The van der Waals surface area contributed by atoms with Crippen molar-refractivity contribution in [3.05, 3.63) is 69.2 Å². The molecule has 0 bridgehead atoms. The zero-order chi connectivity index (χ0) is 21.2. The van der Waals surface area contributed by atoms with Crippen molar-refractivity contribution in [2.75, 3.05) is 33.7 Å². The molecule has 0 saturated carbocycles. The minimum Gasteiger partial charge on any atom is -0.299 e. The Bertz CT molecular complexity index is 850. The Morgan fingerprint density at radius 3 is 2.14 bits per heavy atom. The Morgan fingerprint density at radius 1 is 1.03 bits per heavy atom. The molecule has 0 saturated heterocycles. The maximum Gasteiger partial charge on any atom is 0.0558 e. The molecule has 29 heavy (non-hydrogen) atoms. The van der Waals surface area contributed by atoms with Crippen LogP contribution in [0.25, 0.3) is 0 Å². The fourth-order valence-electron chi connectivity index (χ4n) is 2.82. The van der Waals surface area contributed by atoms with Gasteiger partial charge in [0.2, 0.25) is 0 Å². The van der Waals surface area contributed by atoms with Crippen LogP contribution in [0, 0.1) is 0 Å². The molecular weight excluding hydrogens is 429 g/mol. The Kier molecular flexibility index (Phi) is 10.0. The van der Waals surface area contributed by atoms with Gasteiger partial charge >= 0.3 is 0 Å². The van der Waals surface area contributed by atoms with Crippen LogP contribution in [0.4, 0.5) is 0 Å². The van der Waals surface area contributed by atoms with Gasteiger partial charge in [-0.25, -0.2) is 0 Å². The van der Waals surface area contributed by atoms with Gasteiger partial charge in [-0.3, -0.25) is 24.8 Å². The quantitative estimate of drug-likeness (QED) is 0.477. The molecule has 2 aromatic rings. The van der Waals surface area contributed by atoms with Crippen LogP contribution in [-0.2, 0) is 13.1 Å². The standard InChI is InChI=1S/C21H26Cl3N5/c1-16(22)10-19(25-2)14-29(15-21-12-18(24)5-7-27-21)9-8-28(3)13-20-11-17(23)4-6-26-20/h4-7,10-12H,8-9,13-15H2,1-3H3/b16-10+,25-19+. The zero-order valence-corrected chi connectivity index (χ0v) is 19.2. The molecule has 8 heteroatoms. The lowest BCUT2D eigenvalue weighted by atomic mass is 10.2. The number of rotatable bonds is 10. The molecule has 0 spiro atoms. The van der Waals surface area contributed by atoms with Crippen LogP contribution in [-0.4, -0.2) is 59.2 Å². The molecule has 0 amide bonds. The Labute approximate surface area is 188 Å². The van der Waals surface area contributed by atoms with E-state index in [0.29, 0.717) is 28.2 Å². The minimum atomic E-state index is 0.665. The summed E-state index contributed by atoms with van der Waals surface area (Å²) in [5, 5.41) is 2.08. The highest BCUT2D eigenvalue weighted by Crippen LogP contribution is 2.12. The SMILES string of the molecule is C/N=C(\C=C(/C)Cl)CN(CCN(C)Cc1cc(Cl)ccn1)Cc1cc(Cl)ccn1. The number of aliphatic imine (C=N–C) groups is 1. The van der Waals surface area contributed by atoms with Crippen molar-refractivity contribution < 1.29 is 0 Å². The second-order valence-electron chi connectivity index (χ2n) is 6.83. The molecule has 0 N–H and O–H groups in total. The van der Waals surface area contributed by atoms with Crippen molar-refractivity contribution in [3.8, 4) is 0 Å². The molecule has 5 nitrogen and oxygen atoms in total. The molecule has 0 atom stereocenters. The average Bonchev–Trinajstić information content (AvgIpc) is 2.65. The number of halogens is 3. The van der Waals surface area contributed by atoms with Crippen LogP contribution in [0.5, 0.6) is 0 Å². The molecule has 2 aromatic heterocycles. The minimum absolute atomic E-state index is 0.665. The van der Waals surface area contributed by atoms with Crippen LogP contribution < -0.4 is 0 Å². The summed E-state index contributed by atoms with van der Waals surface area (Å²) in [6.07, 6.45) is 5.34. The fourth-order valence-corrected chi connectivity index (χ4v) is 3.31. The number of allylic oxidation sites excluding steroid dienone is 1. The first-order valence-electron chi connectivity index (χ1n) is 9.27. The first-order valence-corrected chi connectivity index (χ1v) is 10.4. The molecule has 0 unspecified atom stereocenters. The van der Waals surface area contributed by atoms with Crippen molar-refractivity contribution in [2.24, 2.45) is 4.99 Å². The van der Waals surface area contributed by atoms with E-state index in [4.69, 9.17) is 34.8 Å². The molecule has 0 aliphatic rings. The highest BCUT2D eigenvalue weighted by atomic mass is 35.5. The summed E-state index contributed by atoms with van der Waals surface area (Å²) >= 11 is 18.2. The highest BCUT2D eigenvalue weighted by molar-refractivity contribution is 6.31. The number of aromatic nitrogens is 2. The van der Waals surface area contributed by atoms with Gasteiger partial charge in [-0.05, 0) is 44.3 Å². The third-order valence-electron chi connectivity index (χ3n) is 4.21. The van der Waals surface area contributed by atoms with Gasteiger partial charge in [-0.2, -0.15) is 0 Å². The Balaban J connectivity index is 2.04. The van der Waals surface area contributed by atoms with Crippen molar-refractivity contribution in [2.45, 2.75) is 20.0 Å². The molecule has 0 fully saturated rings. The zero-order valence-electron chi connectivity index (χ0n) is 16.9. The summed E-state index contributed by atoms with van der Waals surface area (Å²) in [4.78, 5) is 17.7. The first-order chi connectivity index (χ1) is 13.9. The number of pyridine rings is 2. The number of hydrogen-bond donors (Lipinski definition) is 0. The van der Waals surface area contributed by atoms with E-state index >= 15 is 0 Å². The van der Waals surface area contributed by atoms with Crippen molar-refractivity contribution in [3.63, 3.8) is 0 Å². The Morgan fingerprint density at radius 2 is 1.62 bits per heavy atom. The van der Waals surface area contributed by atoms with Gasteiger partial charge in [-0.1, -0.05) is 34.8 Å². The van der Waals surface area contributed by atoms with Crippen molar-refractivity contribution in [1.29, 1.82) is 0 Å². The summed E-state index contributed by atoms with van der Waals surface area (Å²) in [7, 11) is 3.84. The summed E-state index contributed by atoms with van der Waals surface area (Å²) < 4.78 is 0. The monoisotopic (exact) mass is 453 g/mol. The van der Waals surface area contributed by atoms with Crippen LogP contribution in [0.2, 0.25) is 10.0 Å². The molecule has 2 heterocycles. The second kappa shape index (κ2) is 12.3. The predicted molar refractivity (Wildman–Crippen MR) is 123 cm³/mol. The van der Waals surface area contributed by atoms with E-state index in [-0.39, 0.29) is 0 Å². The van der Waals surface area contributed by atoms with E-state index < -0.39 is 0 Å². The maximum atomic E-state index is 6.13. The predicted octanol–water partition coefficient (Wildman–Crippen LogP) is 4.93. The molecule has 0 aliphatic carbocycles. The van der Waals surface area contributed by atoms with Crippen molar-refractivity contribution in [1.82, 2.24) is 19.8 Å². The number of hydrogen-bond acceptors (Lipinski definition) is 5.